The van der Waals surface area contributed by atoms with Crippen molar-refractivity contribution < 1.29 is 1.43 Å². The van der Waals surface area contributed by atoms with Crippen LogP contribution in [0.2, 0.25) is 0 Å². The number of anilines is 1. The van der Waals surface area contributed by atoms with E-state index in [-0.39, 0.29) is 1.43 Å². The van der Waals surface area contributed by atoms with E-state index < -0.39 is 0 Å². The maximum Gasteiger partial charge on any atom is 0.0340 e. The van der Waals surface area contributed by atoms with Gasteiger partial charge in [0.15, 0.2) is 0 Å². The van der Waals surface area contributed by atoms with Crippen molar-refractivity contribution in [3.63, 3.8) is 0 Å². The van der Waals surface area contributed by atoms with Crippen LogP contribution in [-0.4, -0.2) is 7.05 Å². The first kappa shape index (κ1) is 7.13. The van der Waals surface area contributed by atoms with Crippen LogP contribution in [0.25, 0.3) is 0 Å². The minimum absolute atomic E-state index is 0. The molecule has 0 amide bonds. The number of hydrogen-bond acceptors (Lipinski definition) is 1. The minimum atomic E-state index is 0. The second-order valence-corrected chi connectivity index (χ2v) is 2.55. The number of aryl methyl sites for hydroxylation is 2. The molecule has 10 heavy (non-hydrogen) atoms. The van der Waals surface area contributed by atoms with Gasteiger partial charge in [-0.15, -0.1) is 0 Å². The Morgan fingerprint density at radius 1 is 1.20 bits per heavy atom. The van der Waals surface area contributed by atoms with Gasteiger partial charge in [-0.1, -0.05) is 6.07 Å². The van der Waals surface area contributed by atoms with Gasteiger partial charge in [-0.05, 0) is 37.1 Å². The van der Waals surface area contributed by atoms with E-state index in [4.69, 9.17) is 0 Å². The monoisotopic (exact) mass is 137 g/mol. The maximum absolute atomic E-state index is 3.10. The van der Waals surface area contributed by atoms with E-state index in [1.165, 1.54) is 16.8 Å². The standard InChI is InChI=1S/C9H13N.H2/c1-7-4-5-9(10-3)6-8(7)2;/h4-6,10H,1-3H3;1H. The molecular formula is C9H15N. The van der Waals surface area contributed by atoms with Crippen molar-refractivity contribution >= 4 is 5.69 Å². The first-order valence-corrected chi connectivity index (χ1v) is 3.49. The molecule has 0 bridgehead atoms. The average Bonchev–Trinajstić information content (AvgIpc) is 1.95. The highest BCUT2D eigenvalue weighted by molar-refractivity contribution is 5.47. The molecule has 1 rings (SSSR count). The fraction of sp³-hybridized carbons (Fsp3) is 0.333. The lowest BCUT2D eigenvalue weighted by Crippen LogP contribution is -1.89. The largest absolute Gasteiger partial charge is 0.388 e. The van der Waals surface area contributed by atoms with Gasteiger partial charge in [-0.25, -0.2) is 0 Å². The highest BCUT2D eigenvalue weighted by Gasteiger charge is 1.91. The lowest BCUT2D eigenvalue weighted by atomic mass is 10.1. The molecule has 0 fully saturated rings. The number of rotatable bonds is 1. The zero-order chi connectivity index (χ0) is 7.56. The molecule has 1 heteroatoms. The van der Waals surface area contributed by atoms with Crippen molar-refractivity contribution in [3.8, 4) is 0 Å². The number of benzene rings is 1. The highest BCUT2D eigenvalue weighted by Crippen LogP contribution is 2.12. The van der Waals surface area contributed by atoms with Crippen LogP contribution in [0.3, 0.4) is 0 Å². The van der Waals surface area contributed by atoms with E-state index in [0.29, 0.717) is 0 Å². The van der Waals surface area contributed by atoms with Crippen LogP contribution in [0.5, 0.6) is 0 Å². The molecule has 0 saturated carbocycles. The summed E-state index contributed by atoms with van der Waals surface area (Å²) in [6, 6.07) is 6.36. The molecule has 0 heterocycles. The third-order valence-corrected chi connectivity index (χ3v) is 1.80. The van der Waals surface area contributed by atoms with Crippen molar-refractivity contribution in [1.29, 1.82) is 0 Å². The lowest BCUT2D eigenvalue weighted by Gasteiger charge is -2.02. The van der Waals surface area contributed by atoms with Crippen LogP contribution in [0.1, 0.15) is 12.6 Å². The van der Waals surface area contributed by atoms with Crippen molar-refractivity contribution in [3.05, 3.63) is 29.3 Å². The van der Waals surface area contributed by atoms with Crippen LogP contribution >= 0.6 is 0 Å². The second-order valence-electron chi connectivity index (χ2n) is 2.55. The van der Waals surface area contributed by atoms with Gasteiger partial charge in [0, 0.05) is 14.2 Å². The van der Waals surface area contributed by atoms with Crippen LogP contribution in [0.4, 0.5) is 5.69 Å². The summed E-state index contributed by atoms with van der Waals surface area (Å²) in [5, 5.41) is 3.10. The van der Waals surface area contributed by atoms with Crippen molar-refractivity contribution in [2.75, 3.05) is 12.4 Å². The van der Waals surface area contributed by atoms with Gasteiger partial charge in [0.05, 0.1) is 0 Å². The van der Waals surface area contributed by atoms with Gasteiger partial charge in [-0.3, -0.25) is 0 Å². The first-order valence-electron chi connectivity index (χ1n) is 3.49. The Balaban J connectivity index is 0.000001000. The molecule has 0 saturated heterocycles. The molecule has 56 valence electrons. The molecule has 1 aromatic rings. The molecular weight excluding hydrogens is 122 g/mol. The van der Waals surface area contributed by atoms with Gasteiger partial charge >= 0.3 is 0 Å². The molecule has 1 N–H and O–H groups in total. The summed E-state index contributed by atoms with van der Waals surface area (Å²) in [6.45, 7) is 4.24. The normalized spacial score (nSPS) is 9.50. The number of nitrogens with one attached hydrogen (secondary N) is 1. The third kappa shape index (κ3) is 1.29. The zero-order valence-corrected chi connectivity index (χ0v) is 6.73. The van der Waals surface area contributed by atoms with Gasteiger partial charge in [0.1, 0.15) is 0 Å². The fourth-order valence-corrected chi connectivity index (χ4v) is 0.897. The first-order chi connectivity index (χ1) is 4.74. The van der Waals surface area contributed by atoms with E-state index in [0.717, 1.165) is 0 Å². The van der Waals surface area contributed by atoms with Gasteiger partial charge < -0.3 is 5.32 Å². The van der Waals surface area contributed by atoms with Gasteiger partial charge in [-0.2, -0.15) is 0 Å². The Kier molecular flexibility index (Phi) is 1.95. The SMILES string of the molecule is CNc1ccc(C)c(C)c1.[HH]. The Hall–Kier alpha value is -0.980. The molecule has 1 aromatic carbocycles. The quantitative estimate of drug-likeness (QED) is 0.627. The predicted molar refractivity (Wildman–Crippen MR) is 47.6 cm³/mol. The Labute approximate surface area is 63.6 Å². The molecule has 1 nitrogen and oxygen atoms in total. The van der Waals surface area contributed by atoms with E-state index in [2.05, 4.69) is 37.4 Å². The summed E-state index contributed by atoms with van der Waals surface area (Å²) in [5.74, 6) is 0. The molecule has 0 radical (unpaired) electrons. The summed E-state index contributed by atoms with van der Waals surface area (Å²) in [4.78, 5) is 0. The fourth-order valence-electron chi connectivity index (χ4n) is 0.897. The van der Waals surface area contributed by atoms with Gasteiger partial charge in [0.2, 0.25) is 0 Å². The summed E-state index contributed by atoms with van der Waals surface area (Å²) in [7, 11) is 1.93. The van der Waals surface area contributed by atoms with Crippen molar-refractivity contribution in [2.24, 2.45) is 0 Å². The average molecular weight is 137 g/mol. The predicted octanol–water partition coefficient (Wildman–Crippen LogP) is 2.59. The van der Waals surface area contributed by atoms with Crippen LogP contribution < -0.4 is 5.32 Å². The highest BCUT2D eigenvalue weighted by atomic mass is 14.8. The molecule has 0 atom stereocenters. The zero-order valence-electron chi connectivity index (χ0n) is 6.73. The van der Waals surface area contributed by atoms with E-state index >= 15 is 0 Å². The van der Waals surface area contributed by atoms with Crippen LogP contribution in [0, 0.1) is 13.8 Å². The maximum atomic E-state index is 3.10. The molecule has 0 unspecified atom stereocenters. The summed E-state index contributed by atoms with van der Waals surface area (Å²) in [5.41, 5.74) is 3.87. The van der Waals surface area contributed by atoms with Gasteiger partial charge in [0.25, 0.3) is 0 Å². The summed E-state index contributed by atoms with van der Waals surface area (Å²) in [6.07, 6.45) is 0. The minimum Gasteiger partial charge on any atom is -0.388 e. The second kappa shape index (κ2) is 2.74. The van der Waals surface area contributed by atoms with Crippen molar-refractivity contribution in [1.82, 2.24) is 0 Å². The summed E-state index contributed by atoms with van der Waals surface area (Å²) < 4.78 is 0. The smallest absolute Gasteiger partial charge is 0.0340 e. The Morgan fingerprint density at radius 3 is 2.40 bits per heavy atom. The topological polar surface area (TPSA) is 12.0 Å². The molecule has 0 spiro atoms. The number of hydrogen-bond donors (Lipinski definition) is 1. The summed E-state index contributed by atoms with van der Waals surface area (Å²) >= 11 is 0. The Bertz CT molecular complexity index is 233. The van der Waals surface area contributed by atoms with Crippen LogP contribution in [-0.2, 0) is 0 Å². The molecule has 0 aliphatic carbocycles. The Morgan fingerprint density at radius 2 is 1.90 bits per heavy atom. The molecule has 0 aromatic heterocycles. The lowest BCUT2D eigenvalue weighted by molar-refractivity contribution is 1.33. The third-order valence-electron chi connectivity index (χ3n) is 1.80. The molecule has 0 aliphatic rings. The van der Waals surface area contributed by atoms with E-state index in [1.807, 2.05) is 7.05 Å². The van der Waals surface area contributed by atoms with E-state index in [9.17, 15) is 0 Å². The molecule has 0 aliphatic heterocycles. The van der Waals surface area contributed by atoms with Crippen molar-refractivity contribution in [2.45, 2.75) is 13.8 Å². The van der Waals surface area contributed by atoms with E-state index in [1.54, 1.807) is 0 Å². The van der Waals surface area contributed by atoms with Crippen LogP contribution in [0.15, 0.2) is 18.2 Å².